The van der Waals surface area contributed by atoms with Gasteiger partial charge in [-0.25, -0.2) is 0 Å². The van der Waals surface area contributed by atoms with E-state index in [1.54, 1.807) is 24.3 Å². The molecular formula is C12H9NO3. The fourth-order valence-corrected chi connectivity index (χ4v) is 1.93. The number of hydrogen-bond donors (Lipinski definition) is 4. The van der Waals surface area contributed by atoms with Gasteiger partial charge < -0.3 is 20.3 Å². The first-order valence-corrected chi connectivity index (χ1v) is 4.82. The molecule has 0 spiro atoms. The van der Waals surface area contributed by atoms with E-state index in [1.807, 2.05) is 0 Å². The van der Waals surface area contributed by atoms with E-state index in [2.05, 4.69) is 4.98 Å². The van der Waals surface area contributed by atoms with E-state index in [-0.39, 0.29) is 17.2 Å². The molecule has 0 fully saturated rings. The second kappa shape index (κ2) is 2.82. The number of phenolic OH excluding ortho intramolecular Hbond substituents is 3. The van der Waals surface area contributed by atoms with Crippen molar-refractivity contribution in [3.05, 3.63) is 30.3 Å². The van der Waals surface area contributed by atoms with Gasteiger partial charge in [-0.1, -0.05) is 0 Å². The van der Waals surface area contributed by atoms with Gasteiger partial charge in [-0.05, 0) is 30.3 Å². The van der Waals surface area contributed by atoms with Crippen molar-refractivity contribution in [2.24, 2.45) is 0 Å². The number of rotatable bonds is 0. The van der Waals surface area contributed by atoms with Crippen molar-refractivity contribution in [3.8, 4) is 17.2 Å². The second-order valence-electron chi connectivity index (χ2n) is 3.71. The summed E-state index contributed by atoms with van der Waals surface area (Å²) < 4.78 is 0. The van der Waals surface area contributed by atoms with Crippen LogP contribution in [0.3, 0.4) is 0 Å². The molecule has 3 aromatic rings. The van der Waals surface area contributed by atoms with Gasteiger partial charge in [0.1, 0.15) is 5.75 Å². The van der Waals surface area contributed by atoms with E-state index in [4.69, 9.17) is 0 Å². The van der Waals surface area contributed by atoms with E-state index in [0.717, 1.165) is 16.3 Å². The maximum Gasteiger partial charge on any atom is 0.182 e. The molecule has 0 saturated heterocycles. The summed E-state index contributed by atoms with van der Waals surface area (Å²) in [6, 6.07) is 8.03. The standard InChI is InChI=1S/C12H9NO3/c14-6-1-3-9-8(5-6)7-2-4-10(15)12(16)11(7)13-9/h1-5,13-16H. The van der Waals surface area contributed by atoms with E-state index in [0.29, 0.717) is 5.52 Å². The average molecular weight is 215 g/mol. The molecule has 0 amide bonds. The van der Waals surface area contributed by atoms with Crippen molar-refractivity contribution in [2.45, 2.75) is 0 Å². The van der Waals surface area contributed by atoms with Crippen LogP contribution in [0.25, 0.3) is 21.8 Å². The quantitative estimate of drug-likeness (QED) is 0.435. The minimum Gasteiger partial charge on any atom is -0.508 e. The number of aromatic nitrogens is 1. The van der Waals surface area contributed by atoms with Gasteiger partial charge in [0.25, 0.3) is 0 Å². The molecule has 0 unspecified atom stereocenters. The van der Waals surface area contributed by atoms with Crippen LogP contribution in [0.15, 0.2) is 30.3 Å². The van der Waals surface area contributed by atoms with Gasteiger partial charge >= 0.3 is 0 Å². The molecular weight excluding hydrogens is 206 g/mol. The number of H-pyrrole nitrogens is 1. The van der Waals surface area contributed by atoms with Crippen LogP contribution >= 0.6 is 0 Å². The minimum absolute atomic E-state index is 0.164. The highest BCUT2D eigenvalue weighted by Gasteiger charge is 2.10. The molecule has 4 N–H and O–H groups in total. The Morgan fingerprint density at radius 3 is 2.50 bits per heavy atom. The van der Waals surface area contributed by atoms with Crippen LogP contribution in [0.2, 0.25) is 0 Å². The van der Waals surface area contributed by atoms with Gasteiger partial charge in [0.2, 0.25) is 0 Å². The third-order valence-electron chi connectivity index (χ3n) is 2.71. The maximum absolute atomic E-state index is 9.68. The largest absolute Gasteiger partial charge is 0.508 e. The summed E-state index contributed by atoms with van der Waals surface area (Å²) in [6.07, 6.45) is 0. The average Bonchev–Trinajstić information content (AvgIpc) is 2.62. The summed E-state index contributed by atoms with van der Waals surface area (Å²) in [7, 11) is 0. The Morgan fingerprint density at radius 1 is 0.875 bits per heavy atom. The highest BCUT2D eigenvalue weighted by atomic mass is 16.3. The van der Waals surface area contributed by atoms with Crippen molar-refractivity contribution < 1.29 is 15.3 Å². The van der Waals surface area contributed by atoms with Crippen LogP contribution in [0, 0.1) is 0 Å². The molecule has 3 rings (SSSR count). The van der Waals surface area contributed by atoms with E-state index in [1.165, 1.54) is 6.07 Å². The summed E-state index contributed by atoms with van der Waals surface area (Å²) in [5, 5.41) is 30.0. The molecule has 0 atom stereocenters. The first-order valence-electron chi connectivity index (χ1n) is 4.82. The van der Waals surface area contributed by atoms with Crippen LogP contribution in [-0.2, 0) is 0 Å². The van der Waals surface area contributed by atoms with Crippen molar-refractivity contribution in [1.29, 1.82) is 0 Å². The highest BCUT2D eigenvalue weighted by molar-refractivity contribution is 6.10. The van der Waals surface area contributed by atoms with Crippen LogP contribution in [0.4, 0.5) is 0 Å². The molecule has 16 heavy (non-hydrogen) atoms. The number of aromatic amines is 1. The summed E-state index contributed by atoms with van der Waals surface area (Å²) in [5.74, 6) is -0.169. The number of nitrogens with one attached hydrogen (secondary N) is 1. The van der Waals surface area contributed by atoms with Crippen molar-refractivity contribution >= 4 is 21.8 Å². The monoisotopic (exact) mass is 215 g/mol. The van der Waals surface area contributed by atoms with Gasteiger partial charge in [-0.3, -0.25) is 0 Å². The number of fused-ring (bicyclic) bond motifs is 3. The predicted molar refractivity (Wildman–Crippen MR) is 60.8 cm³/mol. The van der Waals surface area contributed by atoms with Crippen LogP contribution in [0.5, 0.6) is 17.2 Å². The minimum atomic E-state index is -0.173. The lowest BCUT2D eigenvalue weighted by Gasteiger charge is -1.97. The smallest absolute Gasteiger partial charge is 0.182 e. The molecule has 0 aliphatic rings. The van der Waals surface area contributed by atoms with Gasteiger partial charge in [0.05, 0.1) is 5.52 Å². The molecule has 1 heterocycles. The van der Waals surface area contributed by atoms with Crippen molar-refractivity contribution in [1.82, 2.24) is 4.98 Å². The van der Waals surface area contributed by atoms with Crippen LogP contribution < -0.4 is 0 Å². The van der Waals surface area contributed by atoms with Crippen molar-refractivity contribution in [2.75, 3.05) is 0 Å². The lowest BCUT2D eigenvalue weighted by atomic mass is 10.1. The van der Waals surface area contributed by atoms with E-state index >= 15 is 0 Å². The highest BCUT2D eigenvalue weighted by Crippen LogP contribution is 2.37. The molecule has 0 aliphatic heterocycles. The molecule has 80 valence electrons. The normalized spacial score (nSPS) is 11.2. The first kappa shape index (κ1) is 8.91. The first-order chi connectivity index (χ1) is 7.66. The fraction of sp³-hybridized carbons (Fsp3) is 0. The Hall–Kier alpha value is -2.36. The molecule has 0 bridgehead atoms. The van der Waals surface area contributed by atoms with Crippen molar-refractivity contribution in [3.63, 3.8) is 0 Å². The second-order valence-corrected chi connectivity index (χ2v) is 3.71. The Balaban J connectivity index is 2.56. The Morgan fingerprint density at radius 2 is 1.69 bits per heavy atom. The van der Waals surface area contributed by atoms with Crippen LogP contribution in [0.1, 0.15) is 0 Å². The SMILES string of the molecule is Oc1ccc2[nH]c3c(O)c(O)ccc3c2c1. The molecule has 0 saturated carbocycles. The van der Waals surface area contributed by atoms with Gasteiger partial charge in [-0.15, -0.1) is 0 Å². The number of phenols is 3. The predicted octanol–water partition coefficient (Wildman–Crippen LogP) is 2.44. The molecule has 4 nitrogen and oxygen atoms in total. The van der Waals surface area contributed by atoms with Crippen LogP contribution in [-0.4, -0.2) is 20.3 Å². The summed E-state index contributed by atoms with van der Waals surface area (Å²) in [4.78, 5) is 2.99. The van der Waals surface area contributed by atoms with E-state index in [9.17, 15) is 15.3 Å². The van der Waals surface area contributed by atoms with Gasteiger partial charge in [0, 0.05) is 16.3 Å². The van der Waals surface area contributed by atoms with Gasteiger partial charge in [-0.2, -0.15) is 0 Å². The zero-order valence-electron chi connectivity index (χ0n) is 8.23. The summed E-state index contributed by atoms with van der Waals surface area (Å²) >= 11 is 0. The third-order valence-corrected chi connectivity index (χ3v) is 2.71. The zero-order chi connectivity index (χ0) is 11.3. The Bertz CT molecular complexity index is 700. The van der Waals surface area contributed by atoms with Gasteiger partial charge in [0.15, 0.2) is 11.5 Å². The lowest BCUT2D eigenvalue weighted by molar-refractivity contribution is 0.407. The maximum atomic E-state index is 9.68. The number of aromatic hydroxyl groups is 3. The number of hydrogen-bond acceptors (Lipinski definition) is 3. The number of benzene rings is 2. The Kier molecular flexibility index (Phi) is 1.57. The molecule has 0 aliphatic carbocycles. The molecule has 0 radical (unpaired) electrons. The molecule has 4 heteroatoms. The third kappa shape index (κ3) is 1.04. The fourth-order valence-electron chi connectivity index (χ4n) is 1.93. The summed E-state index contributed by atoms with van der Waals surface area (Å²) in [6.45, 7) is 0. The molecule has 2 aromatic carbocycles. The Labute approximate surface area is 90.4 Å². The topological polar surface area (TPSA) is 76.5 Å². The summed E-state index contributed by atoms with van der Waals surface area (Å²) in [5.41, 5.74) is 1.27. The van der Waals surface area contributed by atoms with E-state index < -0.39 is 0 Å². The zero-order valence-corrected chi connectivity index (χ0v) is 8.23. The molecule has 1 aromatic heterocycles. The lowest BCUT2D eigenvalue weighted by Crippen LogP contribution is -1.71.